The van der Waals surface area contributed by atoms with Gasteiger partial charge >= 0.3 is 0 Å². The van der Waals surface area contributed by atoms with Crippen molar-refractivity contribution in [1.82, 2.24) is 20.3 Å². The van der Waals surface area contributed by atoms with Gasteiger partial charge in [-0.15, -0.1) is 0 Å². The van der Waals surface area contributed by atoms with Crippen LogP contribution in [0, 0.1) is 0 Å². The molecule has 4 aromatic rings. The molecule has 0 bridgehead atoms. The van der Waals surface area contributed by atoms with Crippen molar-refractivity contribution in [3.05, 3.63) is 42.5 Å². The van der Waals surface area contributed by atoms with E-state index in [-0.39, 0.29) is 0 Å². The number of rotatable bonds is 1. The molecular weight excluding hydrogens is 294 g/mol. The summed E-state index contributed by atoms with van der Waals surface area (Å²) >= 11 is 5.14. The summed E-state index contributed by atoms with van der Waals surface area (Å²) in [7, 11) is 1.79. The van der Waals surface area contributed by atoms with Crippen molar-refractivity contribution in [2.24, 2.45) is 0 Å². The summed E-state index contributed by atoms with van der Waals surface area (Å²) in [6, 6.07) is 13.9. The number of hydrogen-bond donors (Lipinski definition) is 3. The fourth-order valence-electron chi connectivity index (χ4n) is 2.52. The predicted molar refractivity (Wildman–Crippen MR) is 94.2 cm³/mol. The molecule has 0 unspecified atom stereocenters. The van der Waals surface area contributed by atoms with Crippen molar-refractivity contribution in [3.8, 4) is 0 Å². The Balaban J connectivity index is 1.95. The van der Waals surface area contributed by atoms with E-state index in [2.05, 4.69) is 20.6 Å². The maximum atomic E-state index is 5.14. The van der Waals surface area contributed by atoms with Gasteiger partial charge in [0.05, 0.1) is 11.0 Å². The third-order valence-corrected chi connectivity index (χ3v) is 3.89. The van der Waals surface area contributed by atoms with E-state index < -0.39 is 0 Å². The Morgan fingerprint density at radius 1 is 1.09 bits per heavy atom. The first kappa shape index (κ1) is 13.0. The Hall–Kier alpha value is -2.73. The van der Waals surface area contributed by atoms with Gasteiger partial charge in [0.1, 0.15) is 5.52 Å². The number of nitrogens with zero attached hydrogens (tertiary/aromatic N) is 2. The first-order chi connectivity index (χ1) is 10.7. The number of nitrogens with one attached hydrogen (secondary N) is 3. The first-order valence-electron chi connectivity index (χ1n) is 6.91. The van der Waals surface area contributed by atoms with E-state index >= 15 is 0 Å². The largest absolute Gasteiger partial charge is 0.366 e. The fraction of sp³-hybridized carbons (Fsp3) is 0.0625. The van der Waals surface area contributed by atoms with Gasteiger partial charge in [0, 0.05) is 23.6 Å². The molecule has 4 rings (SSSR count). The summed E-state index contributed by atoms with van der Waals surface area (Å²) in [5, 5.41) is 7.64. The molecule has 5 nitrogen and oxygen atoms in total. The zero-order valence-electron chi connectivity index (χ0n) is 11.8. The van der Waals surface area contributed by atoms with E-state index in [1.54, 1.807) is 7.05 Å². The number of aromatic amines is 1. The molecule has 0 aliphatic rings. The maximum Gasteiger partial charge on any atom is 0.170 e. The van der Waals surface area contributed by atoms with E-state index in [1.165, 1.54) is 0 Å². The second-order valence-corrected chi connectivity index (χ2v) is 5.41. The summed E-state index contributed by atoms with van der Waals surface area (Å²) in [6.07, 6.45) is 0. The zero-order chi connectivity index (χ0) is 15.1. The Bertz CT molecular complexity index is 1020. The number of hydrogen-bond acceptors (Lipinski definition) is 3. The van der Waals surface area contributed by atoms with Crippen LogP contribution >= 0.6 is 12.2 Å². The molecule has 0 spiro atoms. The van der Waals surface area contributed by atoms with Crippen molar-refractivity contribution in [2.45, 2.75) is 0 Å². The van der Waals surface area contributed by atoms with E-state index in [0.717, 1.165) is 38.8 Å². The number of para-hydroxylation sites is 2. The monoisotopic (exact) mass is 307 g/mol. The summed E-state index contributed by atoms with van der Waals surface area (Å²) < 4.78 is 0. The number of H-pyrrole nitrogens is 1. The first-order valence-corrected chi connectivity index (χ1v) is 7.32. The predicted octanol–water partition coefficient (Wildman–Crippen LogP) is 3.18. The van der Waals surface area contributed by atoms with Crippen LogP contribution in [0.3, 0.4) is 0 Å². The molecule has 3 N–H and O–H groups in total. The van der Waals surface area contributed by atoms with Crippen LogP contribution in [-0.4, -0.2) is 27.1 Å². The summed E-state index contributed by atoms with van der Waals surface area (Å²) in [5.74, 6) is 0. The minimum Gasteiger partial charge on any atom is -0.366 e. The van der Waals surface area contributed by atoms with Gasteiger partial charge in [-0.25, -0.2) is 9.97 Å². The Morgan fingerprint density at radius 3 is 2.64 bits per heavy atom. The van der Waals surface area contributed by atoms with Gasteiger partial charge in [-0.1, -0.05) is 12.1 Å². The number of fused-ring (bicyclic) bond motifs is 4. The smallest absolute Gasteiger partial charge is 0.170 e. The molecule has 0 saturated heterocycles. The van der Waals surface area contributed by atoms with Crippen LogP contribution in [-0.2, 0) is 0 Å². The Morgan fingerprint density at radius 2 is 1.86 bits per heavy atom. The van der Waals surface area contributed by atoms with Crippen LogP contribution in [0.1, 0.15) is 0 Å². The molecule has 22 heavy (non-hydrogen) atoms. The fourth-order valence-corrected chi connectivity index (χ4v) is 2.64. The summed E-state index contributed by atoms with van der Waals surface area (Å²) in [6.45, 7) is 0. The standard InChI is InChI=1S/C16H13N5S/c1-17-16(22)18-9-6-7-11-10(8-9)14-15(20-11)21-13-5-3-2-4-12(13)19-14/h2-8H,1H3,(H,20,21)(H2,17,18,22). The van der Waals surface area contributed by atoms with Gasteiger partial charge in [-0.3, -0.25) is 0 Å². The average Bonchev–Trinajstić information content (AvgIpc) is 2.89. The molecule has 2 heterocycles. The highest BCUT2D eigenvalue weighted by molar-refractivity contribution is 7.80. The molecule has 0 amide bonds. The lowest BCUT2D eigenvalue weighted by Gasteiger charge is -2.06. The molecule has 0 aliphatic carbocycles. The van der Waals surface area contributed by atoms with E-state index in [1.807, 2.05) is 42.5 Å². The highest BCUT2D eigenvalue weighted by Gasteiger charge is 2.09. The van der Waals surface area contributed by atoms with Gasteiger partial charge in [0.15, 0.2) is 10.8 Å². The second kappa shape index (κ2) is 4.92. The molecule has 2 aromatic carbocycles. The van der Waals surface area contributed by atoms with Crippen LogP contribution in [0.15, 0.2) is 42.5 Å². The van der Waals surface area contributed by atoms with Gasteiger partial charge < -0.3 is 15.6 Å². The SMILES string of the molecule is CNC(=S)Nc1ccc2[nH]c3nc4ccccc4nc3c2c1. The number of benzene rings is 2. The molecular formula is C16H13N5S. The number of anilines is 1. The van der Waals surface area contributed by atoms with Gasteiger partial charge in [-0.05, 0) is 42.5 Å². The molecule has 2 aromatic heterocycles. The number of aromatic nitrogens is 3. The Kier molecular flexibility index (Phi) is 2.90. The molecule has 108 valence electrons. The second-order valence-electron chi connectivity index (χ2n) is 5.00. The average molecular weight is 307 g/mol. The van der Waals surface area contributed by atoms with E-state index in [4.69, 9.17) is 17.2 Å². The summed E-state index contributed by atoms with van der Waals surface area (Å²) in [4.78, 5) is 12.7. The van der Waals surface area contributed by atoms with Crippen LogP contribution in [0.5, 0.6) is 0 Å². The molecule has 0 atom stereocenters. The van der Waals surface area contributed by atoms with Crippen molar-refractivity contribution in [1.29, 1.82) is 0 Å². The van der Waals surface area contributed by atoms with E-state index in [9.17, 15) is 0 Å². The highest BCUT2D eigenvalue weighted by atomic mass is 32.1. The lowest BCUT2D eigenvalue weighted by molar-refractivity contribution is 1.20. The third kappa shape index (κ3) is 2.05. The van der Waals surface area contributed by atoms with Crippen molar-refractivity contribution in [2.75, 3.05) is 12.4 Å². The Labute approximate surface area is 131 Å². The minimum absolute atomic E-state index is 0.579. The topological polar surface area (TPSA) is 65.6 Å². The van der Waals surface area contributed by atoms with Gasteiger partial charge in [0.25, 0.3) is 0 Å². The normalized spacial score (nSPS) is 11.1. The van der Waals surface area contributed by atoms with Crippen LogP contribution in [0.25, 0.3) is 33.1 Å². The molecule has 0 radical (unpaired) electrons. The molecule has 0 saturated carbocycles. The van der Waals surface area contributed by atoms with Crippen molar-refractivity contribution < 1.29 is 0 Å². The van der Waals surface area contributed by atoms with Gasteiger partial charge in [-0.2, -0.15) is 0 Å². The lowest BCUT2D eigenvalue weighted by atomic mass is 10.2. The summed E-state index contributed by atoms with van der Waals surface area (Å²) in [5.41, 5.74) is 5.36. The maximum absolute atomic E-state index is 5.14. The van der Waals surface area contributed by atoms with Crippen LogP contribution in [0.2, 0.25) is 0 Å². The van der Waals surface area contributed by atoms with Crippen LogP contribution in [0.4, 0.5) is 5.69 Å². The van der Waals surface area contributed by atoms with Crippen molar-refractivity contribution >= 4 is 56.1 Å². The van der Waals surface area contributed by atoms with Crippen molar-refractivity contribution in [3.63, 3.8) is 0 Å². The molecule has 0 fully saturated rings. The third-order valence-electron chi connectivity index (χ3n) is 3.58. The highest BCUT2D eigenvalue weighted by Crippen LogP contribution is 2.27. The lowest BCUT2D eigenvalue weighted by Crippen LogP contribution is -2.23. The van der Waals surface area contributed by atoms with E-state index in [0.29, 0.717) is 5.11 Å². The van der Waals surface area contributed by atoms with Crippen LogP contribution < -0.4 is 10.6 Å². The van der Waals surface area contributed by atoms with Gasteiger partial charge in [0.2, 0.25) is 0 Å². The number of thiocarbonyl (C=S) groups is 1. The quantitative estimate of drug-likeness (QED) is 0.471. The molecule has 6 heteroatoms. The zero-order valence-corrected chi connectivity index (χ0v) is 12.7. The minimum atomic E-state index is 0.579. The molecule has 0 aliphatic heterocycles.